The van der Waals surface area contributed by atoms with Gasteiger partial charge in [-0.15, -0.1) is 0 Å². The maximum Gasteiger partial charge on any atom is 0.472 e. The number of esters is 1. The van der Waals surface area contributed by atoms with Crippen LogP contribution < -0.4 is 0 Å². The number of phosphoric ester groups is 1. The van der Waals surface area contributed by atoms with Gasteiger partial charge in [0.05, 0.1) is 13.2 Å². The van der Waals surface area contributed by atoms with Crippen LogP contribution in [0.1, 0.15) is 213 Å². The summed E-state index contributed by atoms with van der Waals surface area (Å²) < 4.78 is 34.2. The maximum absolute atomic E-state index is 12.8. The second kappa shape index (κ2) is 39.2. The van der Waals surface area contributed by atoms with E-state index in [2.05, 4.69) is 38.2 Å². The van der Waals surface area contributed by atoms with E-state index in [0.29, 0.717) is 13.0 Å². The van der Waals surface area contributed by atoms with Gasteiger partial charge in [-0.1, -0.05) is 192 Å². The van der Waals surface area contributed by atoms with E-state index in [9.17, 15) is 39.8 Å². The lowest BCUT2D eigenvalue weighted by atomic mass is 9.85. The van der Waals surface area contributed by atoms with Crippen molar-refractivity contribution in [2.75, 3.05) is 19.8 Å². The van der Waals surface area contributed by atoms with Gasteiger partial charge < -0.3 is 39.9 Å². The fourth-order valence-corrected chi connectivity index (χ4v) is 8.58. The highest BCUT2D eigenvalue weighted by atomic mass is 31.2. The summed E-state index contributed by atoms with van der Waals surface area (Å²) in [6.07, 6.45) is 32.5. The lowest BCUT2D eigenvalue weighted by Crippen LogP contribution is -2.64. The summed E-state index contributed by atoms with van der Waals surface area (Å²) in [5.74, 6) is -0.488. The summed E-state index contributed by atoms with van der Waals surface area (Å²) in [5, 5.41) is 50.2. The van der Waals surface area contributed by atoms with E-state index in [1.54, 1.807) is 0 Å². The van der Waals surface area contributed by atoms with Crippen molar-refractivity contribution in [1.82, 2.24) is 0 Å². The Bertz CT molecular complexity index is 1110. The Labute approximate surface area is 370 Å². The van der Waals surface area contributed by atoms with Crippen LogP contribution in [0, 0.1) is 0 Å². The van der Waals surface area contributed by atoms with Gasteiger partial charge in [-0.05, 0) is 38.5 Å². The average Bonchev–Trinajstić information content (AvgIpc) is 3.24. The molecule has 1 saturated carbocycles. The minimum absolute atomic E-state index is 0.0782. The van der Waals surface area contributed by atoms with Crippen molar-refractivity contribution in [3.05, 3.63) is 24.3 Å². The van der Waals surface area contributed by atoms with Crippen molar-refractivity contribution in [2.24, 2.45) is 0 Å². The van der Waals surface area contributed by atoms with E-state index in [1.807, 2.05) is 0 Å². The topological polar surface area (TPSA) is 192 Å². The summed E-state index contributed by atoms with van der Waals surface area (Å²) in [6.45, 7) is 4.23. The Morgan fingerprint density at radius 1 is 0.525 bits per heavy atom. The third-order valence-corrected chi connectivity index (χ3v) is 12.6. The molecule has 1 aliphatic rings. The van der Waals surface area contributed by atoms with Crippen molar-refractivity contribution in [2.45, 2.75) is 256 Å². The van der Waals surface area contributed by atoms with Crippen LogP contribution in [0.25, 0.3) is 0 Å². The average molecular weight is 891 g/mol. The number of hydrogen-bond acceptors (Lipinski definition) is 11. The first kappa shape index (κ1) is 57.8. The molecule has 61 heavy (non-hydrogen) atoms. The van der Waals surface area contributed by atoms with E-state index in [0.717, 1.165) is 64.2 Å². The number of aliphatic hydroxyl groups excluding tert-OH is 5. The van der Waals surface area contributed by atoms with Crippen molar-refractivity contribution in [3.8, 4) is 0 Å². The molecule has 13 heteroatoms. The number of hydrogen-bond donors (Lipinski definition) is 6. The Kier molecular flexibility index (Phi) is 37.2. The van der Waals surface area contributed by atoms with Crippen LogP contribution in [0.5, 0.6) is 0 Å². The molecule has 0 radical (unpaired) electrons. The van der Waals surface area contributed by atoms with Crippen molar-refractivity contribution in [3.63, 3.8) is 0 Å². The molecule has 6 atom stereocenters. The number of phosphoric acid groups is 1. The van der Waals surface area contributed by atoms with Gasteiger partial charge in [-0.3, -0.25) is 13.8 Å². The molecule has 360 valence electrons. The summed E-state index contributed by atoms with van der Waals surface area (Å²) in [5.41, 5.74) is 0. The van der Waals surface area contributed by atoms with Gasteiger partial charge in [-0.2, -0.15) is 0 Å². The van der Waals surface area contributed by atoms with Gasteiger partial charge >= 0.3 is 13.8 Å². The van der Waals surface area contributed by atoms with E-state index in [1.165, 1.54) is 122 Å². The zero-order valence-electron chi connectivity index (χ0n) is 38.5. The number of ether oxygens (including phenoxy) is 2. The fraction of sp³-hybridized carbons (Fsp3) is 0.896. The van der Waals surface area contributed by atoms with Gasteiger partial charge in [0.1, 0.15) is 42.7 Å². The van der Waals surface area contributed by atoms with Crippen LogP contribution in [-0.4, -0.2) is 98.9 Å². The molecule has 0 amide bonds. The monoisotopic (exact) mass is 891 g/mol. The van der Waals surface area contributed by atoms with Crippen molar-refractivity contribution >= 4 is 13.8 Å². The van der Waals surface area contributed by atoms with Crippen molar-refractivity contribution in [1.29, 1.82) is 0 Å². The van der Waals surface area contributed by atoms with Gasteiger partial charge in [0.15, 0.2) is 0 Å². The number of rotatable bonds is 42. The third kappa shape index (κ3) is 31.4. The van der Waals surface area contributed by atoms with Crippen LogP contribution in [0.15, 0.2) is 24.3 Å². The van der Waals surface area contributed by atoms with E-state index >= 15 is 0 Å². The van der Waals surface area contributed by atoms with Crippen LogP contribution >= 0.6 is 7.82 Å². The molecular weight excluding hydrogens is 799 g/mol. The zero-order chi connectivity index (χ0) is 44.8. The van der Waals surface area contributed by atoms with Crippen LogP contribution in [0.3, 0.4) is 0 Å². The summed E-state index contributed by atoms with van der Waals surface area (Å²) >= 11 is 0. The predicted octanol–water partition coefficient (Wildman–Crippen LogP) is 10.5. The largest absolute Gasteiger partial charge is 0.472 e. The minimum Gasteiger partial charge on any atom is -0.457 e. The Balaban J connectivity index is 2.34. The molecule has 0 heterocycles. The van der Waals surface area contributed by atoms with Gasteiger partial charge in [0.2, 0.25) is 0 Å². The van der Waals surface area contributed by atoms with Crippen LogP contribution in [0.2, 0.25) is 0 Å². The number of aliphatic hydroxyl groups is 5. The van der Waals surface area contributed by atoms with Crippen LogP contribution in [-0.2, 0) is 27.9 Å². The smallest absolute Gasteiger partial charge is 0.457 e. The predicted molar refractivity (Wildman–Crippen MR) is 244 cm³/mol. The third-order valence-electron chi connectivity index (χ3n) is 11.6. The maximum atomic E-state index is 12.8. The molecule has 0 aromatic rings. The van der Waals surface area contributed by atoms with Gasteiger partial charge in [0.25, 0.3) is 0 Å². The Morgan fingerprint density at radius 2 is 0.934 bits per heavy atom. The molecule has 6 unspecified atom stereocenters. The molecule has 6 N–H and O–H groups in total. The molecule has 1 rings (SSSR count). The van der Waals surface area contributed by atoms with Crippen LogP contribution in [0.4, 0.5) is 0 Å². The summed E-state index contributed by atoms with van der Waals surface area (Å²) in [7, 11) is -5.02. The molecule has 12 nitrogen and oxygen atoms in total. The molecule has 0 aliphatic heterocycles. The first-order valence-corrected chi connectivity index (χ1v) is 26.2. The standard InChI is InChI=1S/C48H91O12P/c1-3-5-7-9-11-13-15-17-19-20-21-22-23-24-26-28-30-32-34-36-38-57-39-41(40-58-61(55,56)60-48-46(53)44(51)43(50)45(52)47(48)54)59-42(49)37-35-33-31-29-27-25-18-16-14-12-10-8-6-4-2/h10,12,16,18,41,43-48,50-54H,3-9,11,13-15,17,19-40H2,1-2H3,(H,55,56)/b12-10-,18-16-. The molecule has 0 aromatic carbocycles. The highest BCUT2D eigenvalue weighted by Gasteiger charge is 2.51. The summed E-state index contributed by atoms with van der Waals surface area (Å²) in [6, 6.07) is 0. The molecular formula is C48H91O12P. The fourth-order valence-electron chi connectivity index (χ4n) is 7.61. The van der Waals surface area contributed by atoms with E-state index in [4.69, 9.17) is 18.5 Å². The molecule has 0 aromatic heterocycles. The molecule has 1 aliphatic carbocycles. The highest BCUT2D eigenvalue weighted by molar-refractivity contribution is 7.47. The number of carbonyl (C=O) groups excluding carboxylic acids is 1. The molecule has 1 fully saturated rings. The first-order valence-electron chi connectivity index (χ1n) is 24.7. The first-order chi connectivity index (χ1) is 29.5. The number of carbonyl (C=O) groups is 1. The summed E-state index contributed by atoms with van der Waals surface area (Å²) in [4.78, 5) is 23.2. The molecule has 0 spiro atoms. The minimum atomic E-state index is -5.02. The lowest BCUT2D eigenvalue weighted by Gasteiger charge is -2.41. The second-order valence-corrected chi connectivity index (χ2v) is 18.7. The SMILES string of the molecule is CCCC/C=C\C/C=C\CCCCCCCC(=O)OC(COCCCCCCCCCCCCCCCCCCCCCC)COP(=O)(O)OC1C(O)C(O)C(O)C(O)C1O. The molecule has 0 saturated heterocycles. The molecule has 0 bridgehead atoms. The normalized spacial score (nSPS) is 22.3. The van der Waals surface area contributed by atoms with Crippen molar-refractivity contribution < 1.29 is 58.3 Å². The zero-order valence-corrected chi connectivity index (χ0v) is 39.4. The van der Waals surface area contributed by atoms with Gasteiger partial charge in [-0.25, -0.2) is 4.57 Å². The Morgan fingerprint density at radius 3 is 1.43 bits per heavy atom. The Hall–Kier alpha value is -1.18. The number of allylic oxidation sites excluding steroid dienone is 4. The lowest BCUT2D eigenvalue weighted by molar-refractivity contribution is -0.220. The quantitative estimate of drug-likeness (QED) is 0.0147. The second-order valence-electron chi connectivity index (χ2n) is 17.3. The number of unbranched alkanes of at least 4 members (excludes halogenated alkanes) is 26. The van der Waals surface area contributed by atoms with Gasteiger partial charge in [0, 0.05) is 13.0 Å². The highest BCUT2D eigenvalue weighted by Crippen LogP contribution is 2.47. The van der Waals surface area contributed by atoms with E-state index < -0.39 is 63.1 Å². The van der Waals surface area contributed by atoms with E-state index in [-0.39, 0.29) is 13.0 Å².